The van der Waals surface area contributed by atoms with E-state index in [1.54, 1.807) is 0 Å². The van der Waals surface area contributed by atoms with Crippen LogP contribution in [0.15, 0.2) is 10.7 Å². The third kappa shape index (κ3) is 2.90. The van der Waals surface area contributed by atoms with E-state index in [2.05, 4.69) is 42.1 Å². The van der Waals surface area contributed by atoms with Gasteiger partial charge in [0.2, 0.25) is 0 Å². The average molecular weight is 328 g/mol. The topological polar surface area (TPSA) is 55.9 Å². The molecule has 1 aliphatic carbocycles. The number of hydrogen-bond donors (Lipinski definition) is 1. The first-order valence-electron chi connectivity index (χ1n) is 9.36. The van der Waals surface area contributed by atoms with Gasteiger partial charge in [-0.15, -0.1) is 0 Å². The molecule has 0 fully saturated rings. The standard InChI is InChI=1S/C19H28N4O/c1-12(2)23-11-15-9-14(4-5-17(15)21-23)8-13(3)19-16-10-20-7-6-18(16)22-24-19/h11-14,20H,4-10H2,1-3H3. The largest absolute Gasteiger partial charge is 0.361 e. The van der Waals surface area contributed by atoms with Crippen molar-refractivity contribution in [3.8, 4) is 0 Å². The summed E-state index contributed by atoms with van der Waals surface area (Å²) in [6.07, 6.45) is 7.93. The fourth-order valence-corrected chi connectivity index (χ4v) is 4.22. The van der Waals surface area contributed by atoms with Crippen molar-refractivity contribution in [3.63, 3.8) is 0 Å². The molecule has 2 unspecified atom stereocenters. The van der Waals surface area contributed by atoms with Crippen molar-refractivity contribution in [3.05, 3.63) is 34.5 Å². The number of rotatable bonds is 4. The van der Waals surface area contributed by atoms with Gasteiger partial charge in [0.05, 0.1) is 11.4 Å². The van der Waals surface area contributed by atoms with E-state index in [1.165, 1.54) is 35.4 Å². The number of fused-ring (bicyclic) bond motifs is 2. The molecule has 2 aromatic heterocycles. The second-order valence-electron chi connectivity index (χ2n) is 7.82. The summed E-state index contributed by atoms with van der Waals surface area (Å²) >= 11 is 0. The quantitative estimate of drug-likeness (QED) is 0.934. The first-order valence-corrected chi connectivity index (χ1v) is 9.36. The van der Waals surface area contributed by atoms with Gasteiger partial charge in [0.1, 0.15) is 5.76 Å². The Morgan fingerprint density at radius 3 is 3.00 bits per heavy atom. The van der Waals surface area contributed by atoms with E-state index in [4.69, 9.17) is 9.62 Å². The molecule has 0 bridgehead atoms. The van der Waals surface area contributed by atoms with Crippen LogP contribution in [0.25, 0.3) is 0 Å². The zero-order chi connectivity index (χ0) is 16.7. The van der Waals surface area contributed by atoms with Crippen LogP contribution in [0.3, 0.4) is 0 Å². The molecular weight excluding hydrogens is 300 g/mol. The number of nitrogens with one attached hydrogen (secondary N) is 1. The van der Waals surface area contributed by atoms with Crippen molar-refractivity contribution in [1.82, 2.24) is 20.3 Å². The molecule has 3 heterocycles. The highest BCUT2D eigenvalue weighted by atomic mass is 16.5. The summed E-state index contributed by atoms with van der Waals surface area (Å²) in [5.41, 5.74) is 5.25. The van der Waals surface area contributed by atoms with Crippen LogP contribution < -0.4 is 5.32 Å². The molecule has 1 aliphatic heterocycles. The first-order chi connectivity index (χ1) is 11.6. The molecule has 0 aromatic carbocycles. The summed E-state index contributed by atoms with van der Waals surface area (Å²) in [5.74, 6) is 2.27. The Kier molecular flexibility index (Phi) is 4.21. The maximum absolute atomic E-state index is 5.72. The molecule has 0 saturated carbocycles. The normalized spacial score (nSPS) is 21.6. The molecule has 0 spiro atoms. The Bertz CT molecular complexity index is 715. The lowest BCUT2D eigenvalue weighted by Crippen LogP contribution is -2.24. The van der Waals surface area contributed by atoms with Crippen molar-refractivity contribution in [2.75, 3.05) is 6.54 Å². The molecule has 0 amide bonds. The first kappa shape index (κ1) is 15.9. The summed E-state index contributed by atoms with van der Waals surface area (Å²) in [4.78, 5) is 0. The van der Waals surface area contributed by atoms with E-state index < -0.39 is 0 Å². The van der Waals surface area contributed by atoms with Gasteiger partial charge in [-0.3, -0.25) is 4.68 Å². The summed E-state index contributed by atoms with van der Waals surface area (Å²) < 4.78 is 7.84. The molecule has 130 valence electrons. The van der Waals surface area contributed by atoms with E-state index in [-0.39, 0.29) is 0 Å². The minimum atomic E-state index is 0.438. The highest BCUT2D eigenvalue weighted by Crippen LogP contribution is 2.35. The summed E-state index contributed by atoms with van der Waals surface area (Å²) in [6.45, 7) is 8.60. The zero-order valence-electron chi connectivity index (χ0n) is 15.0. The Labute approximate surface area is 143 Å². The molecule has 0 saturated heterocycles. The van der Waals surface area contributed by atoms with Crippen molar-refractivity contribution in [2.24, 2.45) is 5.92 Å². The van der Waals surface area contributed by atoms with E-state index in [0.29, 0.717) is 12.0 Å². The van der Waals surface area contributed by atoms with Gasteiger partial charge in [-0.25, -0.2) is 0 Å². The summed E-state index contributed by atoms with van der Waals surface area (Å²) in [5, 5.41) is 12.5. The molecule has 5 nitrogen and oxygen atoms in total. The van der Waals surface area contributed by atoms with E-state index >= 15 is 0 Å². The molecule has 5 heteroatoms. The van der Waals surface area contributed by atoms with E-state index in [9.17, 15) is 0 Å². The molecule has 24 heavy (non-hydrogen) atoms. The van der Waals surface area contributed by atoms with Gasteiger partial charge < -0.3 is 9.84 Å². The lowest BCUT2D eigenvalue weighted by molar-refractivity contribution is 0.322. The number of aryl methyl sites for hydroxylation is 1. The lowest BCUT2D eigenvalue weighted by Gasteiger charge is -2.24. The number of nitrogens with zero attached hydrogens (tertiary/aromatic N) is 3. The lowest BCUT2D eigenvalue weighted by atomic mass is 9.81. The number of aromatic nitrogens is 3. The summed E-state index contributed by atoms with van der Waals surface area (Å²) in [7, 11) is 0. The van der Waals surface area contributed by atoms with E-state index in [1.807, 2.05) is 0 Å². The van der Waals surface area contributed by atoms with Crippen molar-refractivity contribution >= 4 is 0 Å². The van der Waals surface area contributed by atoms with Crippen LogP contribution in [-0.4, -0.2) is 21.5 Å². The predicted octanol–water partition coefficient (Wildman–Crippen LogP) is 3.40. The van der Waals surface area contributed by atoms with Crippen LogP contribution in [0.5, 0.6) is 0 Å². The van der Waals surface area contributed by atoms with Crippen molar-refractivity contribution in [1.29, 1.82) is 0 Å². The van der Waals surface area contributed by atoms with Crippen LogP contribution in [-0.2, 0) is 25.8 Å². The van der Waals surface area contributed by atoms with Crippen molar-refractivity contribution in [2.45, 2.75) is 71.4 Å². The van der Waals surface area contributed by atoms with Gasteiger partial charge in [-0.05, 0) is 51.0 Å². The Hall–Kier alpha value is -1.62. The second-order valence-corrected chi connectivity index (χ2v) is 7.82. The molecule has 1 N–H and O–H groups in total. The monoisotopic (exact) mass is 328 g/mol. The molecule has 2 aromatic rings. The molecule has 0 radical (unpaired) electrons. The molecule has 2 atom stereocenters. The third-order valence-electron chi connectivity index (χ3n) is 5.60. The minimum Gasteiger partial charge on any atom is -0.361 e. The van der Waals surface area contributed by atoms with Gasteiger partial charge in [-0.2, -0.15) is 5.10 Å². The third-order valence-corrected chi connectivity index (χ3v) is 5.60. The Balaban J connectivity index is 1.45. The van der Waals surface area contributed by atoms with Crippen LogP contribution in [0.2, 0.25) is 0 Å². The van der Waals surface area contributed by atoms with Crippen LogP contribution >= 0.6 is 0 Å². The van der Waals surface area contributed by atoms with Gasteiger partial charge in [0.25, 0.3) is 0 Å². The average Bonchev–Trinajstić information content (AvgIpc) is 3.18. The molecule has 4 rings (SSSR count). The SMILES string of the molecule is CC(CC1CCc2nn(C(C)C)cc2C1)c1onc2c1CNCC2. The van der Waals surface area contributed by atoms with Gasteiger partial charge in [0.15, 0.2) is 0 Å². The molecular formula is C19H28N4O. The van der Waals surface area contributed by atoms with E-state index in [0.717, 1.165) is 44.0 Å². The Morgan fingerprint density at radius 2 is 2.17 bits per heavy atom. The maximum Gasteiger partial charge on any atom is 0.144 e. The maximum atomic E-state index is 5.72. The van der Waals surface area contributed by atoms with Crippen LogP contribution in [0, 0.1) is 5.92 Å². The number of hydrogen-bond acceptors (Lipinski definition) is 4. The van der Waals surface area contributed by atoms with Gasteiger partial charge >= 0.3 is 0 Å². The smallest absolute Gasteiger partial charge is 0.144 e. The minimum absolute atomic E-state index is 0.438. The zero-order valence-corrected chi connectivity index (χ0v) is 15.0. The molecule has 2 aliphatic rings. The predicted molar refractivity (Wildman–Crippen MR) is 93.1 cm³/mol. The van der Waals surface area contributed by atoms with Crippen LogP contribution in [0.1, 0.15) is 73.8 Å². The van der Waals surface area contributed by atoms with Gasteiger partial charge in [-0.1, -0.05) is 12.1 Å². The fourth-order valence-electron chi connectivity index (χ4n) is 4.22. The Morgan fingerprint density at radius 1 is 1.29 bits per heavy atom. The fraction of sp³-hybridized carbons (Fsp3) is 0.684. The highest BCUT2D eigenvalue weighted by molar-refractivity contribution is 5.28. The highest BCUT2D eigenvalue weighted by Gasteiger charge is 2.28. The van der Waals surface area contributed by atoms with Gasteiger partial charge in [0, 0.05) is 43.2 Å². The van der Waals surface area contributed by atoms with Crippen LogP contribution in [0.4, 0.5) is 0 Å². The summed E-state index contributed by atoms with van der Waals surface area (Å²) in [6, 6.07) is 0.446. The van der Waals surface area contributed by atoms with Crippen molar-refractivity contribution < 1.29 is 4.52 Å². The second kappa shape index (κ2) is 6.36.